The molecule has 0 aliphatic heterocycles. The van der Waals surface area contributed by atoms with Gasteiger partial charge < -0.3 is 0 Å². The van der Waals surface area contributed by atoms with Crippen molar-refractivity contribution in [3.05, 3.63) is 41.2 Å². The van der Waals surface area contributed by atoms with Crippen molar-refractivity contribution in [1.82, 2.24) is 0 Å². The van der Waals surface area contributed by atoms with Gasteiger partial charge >= 0.3 is 0 Å². The molecule has 0 saturated heterocycles. The van der Waals surface area contributed by atoms with Crippen LogP contribution in [0.25, 0.3) is 4.85 Å². The van der Waals surface area contributed by atoms with Gasteiger partial charge in [-0.15, -0.1) is 6.42 Å². The van der Waals surface area contributed by atoms with E-state index in [2.05, 4.69) is 10.8 Å². The van der Waals surface area contributed by atoms with E-state index in [9.17, 15) is 0 Å². The van der Waals surface area contributed by atoms with Crippen molar-refractivity contribution in [2.45, 2.75) is 0 Å². The number of benzene rings is 1. The molecule has 1 aromatic carbocycles. The molecule has 1 nitrogen and oxygen atoms in total. The van der Waals surface area contributed by atoms with E-state index in [1.54, 1.807) is 24.3 Å². The highest BCUT2D eigenvalue weighted by molar-refractivity contribution is 5.50. The van der Waals surface area contributed by atoms with Crippen LogP contribution in [0.1, 0.15) is 5.56 Å². The second-order valence-electron chi connectivity index (χ2n) is 1.81. The van der Waals surface area contributed by atoms with Gasteiger partial charge in [-0.05, 0) is 12.1 Å². The maximum atomic E-state index is 6.67. The molecule has 0 aliphatic rings. The number of terminal acetylenes is 1. The first-order valence-electron chi connectivity index (χ1n) is 2.81. The second kappa shape index (κ2) is 2.71. The van der Waals surface area contributed by atoms with Gasteiger partial charge in [-0.25, -0.2) is 4.85 Å². The van der Waals surface area contributed by atoms with Crippen LogP contribution in [0.3, 0.4) is 0 Å². The smallest absolute Gasteiger partial charge is 0.188 e. The number of rotatable bonds is 0. The quantitative estimate of drug-likeness (QED) is 0.372. The third-order valence-electron chi connectivity index (χ3n) is 1.14. The second-order valence-corrected chi connectivity index (χ2v) is 1.81. The summed E-state index contributed by atoms with van der Waals surface area (Å²) in [5.74, 6) is 2.46. The van der Waals surface area contributed by atoms with Crippen LogP contribution in [0.5, 0.6) is 0 Å². The summed E-state index contributed by atoms with van der Waals surface area (Å²) in [5.41, 5.74) is 1.35. The van der Waals surface area contributed by atoms with Gasteiger partial charge in [0.2, 0.25) is 0 Å². The van der Waals surface area contributed by atoms with Crippen molar-refractivity contribution >= 4 is 5.69 Å². The molecule has 1 aromatic rings. The third-order valence-corrected chi connectivity index (χ3v) is 1.14. The Morgan fingerprint density at radius 2 is 2.30 bits per heavy atom. The minimum atomic E-state index is 0.593. The van der Waals surface area contributed by atoms with Crippen LogP contribution in [-0.4, -0.2) is 0 Å². The van der Waals surface area contributed by atoms with E-state index in [0.29, 0.717) is 5.69 Å². The highest BCUT2D eigenvalue weighted by atomic mass is 14.6. The topological polar surface area (TPSA) is 4.36 Å². The first-order valence-corrected chi connectivity index (χ1v) is 2.81. The zero-order chi connectivity index (χ0) is 7.40. The summed E-state index contributed by atoms with van der Waals surface area (Å²) < 4.78 is 0. The molecule has 0 radical (unpaired) electrons. The molecule has 1 heteroatoms. The average Bonchev–Trinajstić information content (AvgIpc) is 2.05. The average molecular weight is 127 g/mol. The Bertz CT molecular complexity index is 283. The Morgan fingerprint density at radius 3 is 2.90 bits per heavy atom. The summed E-state index contributed by atoms with van der Waals surface area (Å²) in [7, 11) is 0. The Kier molecular flexibility index (Phi) is 1.73. The minimum Gasteiger partial charge on any atom is -0.238 e. The largest absolute Gasteiger partial charge is 0.238 e. The van der Waals surface area contributed by atoms with Crippen molar-refractivity contribution in [2.75, 3.05) is 0 Å². The highest BCUT2D eigenvalue weighted by Crippen LogP contribution is 2.12. The predicted octanol–water partition coefficient (Wildman–Crippen LogP) is 2.22. The van der Waals surface area contributed by atoms with Gasteiger partial charge in [0, 0.05) is 5.56 Å². The summed E-state index contributed by atoms with van der Waals surface area (Å²) in [4.78, 5) is 3.23. The van der Waals surface area contributed by atoms with Gasteiger partial charge in [-0.1, -0.05) is 18.1 Å². The predicted molar refractivity (Wildman–Crippen MR) is 40.6 cm³/mol. The van der Waals surface area contributed by atoms with Crippen LogP contribution in [0, 0.1) is 18.9 Å². The maximum Gasteiger partial charge on any atom is 0.188 e. The molecular formula is C9H5N. The fourth-order valence-electron chi connectivity index (χ4n) is 0.665. The third kappa shape index (κ3) is 1.16. The molecule has 0 unspecified atom stereocenters. The van der Waals surface area contributed by atoms with Crippen molar-refractivity contribution in [3.63, 3.8) is 0 Å². The molecule has 1 rings (SSSR count). The van der Waals surface area contributed by atoms with E-state index >= 15 is 0 Å². The molecule has 0 fully saturated rings. The van der Waals surface area contributed by atoms with Crippen molar-refractivity contribution < 1.29 is 0 Å². The van der Waals surface area contributed by atoms with Crippen LogP contribution in [0.4, 0.5) is 5.69 Å². The van der Waals surface area contributed by atoms with Crippen LogP contribution >= 0.6 is 0 Å². The van der Waals surface area contributed by atoms with E-state index in [4.69, 9.17) is 13.0 Å². The molecule has 0 saturated carbocycles. The van der Waals surface area contributed by atoms with Gasteiger partial charge in [-0.2, -0.15) is 0 Å². The van der Waals surface area contributed by atoms with Gasteiger partial charge in [0.1, 0.15) is 0 Å². The number of nitrogens with zero attached hydrogens (tertiary/aromatic N) is 1. The molecule has 0 aromatic heterocycles. The zero-order valence-electron chi connectivity index (χ0n) is 5.33. The van der Waals surface area contributed by atoms with E-state index in [1.807, 2.05) is 0 Å². The van der Waals surface area contributed by atoms with Gasteiger partial charge in [-0.3, -0.25) is 0 Å². The molecule has 0 aliphatic carbocycles. The molecule has 0 heterocycles. The first kappa shape index (κ1) is 6.39. The lowest BCUT2D eigenvalue weighted by molar-refractivity contribution is 1.66. The van der Waals surface area contributed by atoms with Crippen LogP contribution in [-0.2, 0) is 0 Å². The molecule has 0 atom stereocenters. The van der Waals surface area contributed by atoms with E-state index in [0.717, 1.165) is 5.56 Å². The maximum absolute atomic E-state index is 6.67. The van der Waals surface area contributed by atoms with E-state index < -0.39 is 0 Å². The lowest BCUT2D eigenvalue weighted by Crippen LogP contribution is -1.68. The Morgan fingerprint density at radius 1 is 1.50 bits per heavy atom. The zero-order valence-corrected chi connectivity index (χ0v) is 5.33. The summed E-state index contributed by atoms with van der Waals surface area (Å²) in [6.07, 6.45) is 5.12. The molecule has 10 heavy (non-hydrogen) atoms. The van der Waals surface area contributed by atoms with Crippen molar-refractivity contribution in [3.8, 4) is 12.3 Å². The Balaban J connectivity index is 3.17. The van der Waals surface area contributed by atoms with Crippen molar-refractivity contribution in [1.29, 1.82) is 0 Å². The molecule has 0 amide bonds. The van der Waals surface area contributed by atoms with Crippen molar-refractivity contribution in [2.24, 2.45) is 0 Å². The summed E-state index contributed by atoms with van der Waals surface area (Å²) in [6.45, 7) is 6.67. The SMILES string of the molecule is [C-]#[N+]c1cccc(C#C)c1. The molecule has 0 N–H and O–H groups in total. The standard InChI is InChI=1S/C9H5N/c1-3-8-5-4-6-9(7-8)10-2/h1,4-7H. The Hall–Kier alpha value is -1.73. The number of hydrogen-bond acceptors (Lipinski definition) is 0. The monoisotopic (exact) mass is 127 g/mol. The van der Waals surface area contributed by atoms with Gasteiger partial charge in [0.15, 0.2) is 5.69 Å². The normalized spacial score (nSPS) is 7.80. The first-order chi connectivity index (χ1) is 4.86. The van der Waals surface area contributed by atoms with Crippen LogP contribution in [0.15, 0.2) is 24.3 Å². The number of hydrogen-bond donors (Lipinski definition) is 0. The highest BCUT2D eigenvalue weighted by Gasteiger charge is 1.88. The lowest BCUT2D eigenvalue weighted by atomic mass is 10.2. The van der Waals surface area contributed by atoms with Crippen LogP contribution < -0.4 is 0 Å². The molecule has 0 spiro atoms. The fraction of sp³-hybridized carbons (Fsp3) is 0. The van der Waals surface area contributed by atoms with E-state index in [-0.39, 0.29) is 0 Å². The van der Waals surface area contributed by atoms with Crippen LogP contribution in [0.2, 0.25) is 0 Å². The summed E-state index contributed by atoms with van der Waals surface area (Å²) in [6, 6.07) is 7.00. The summed E-state index contributed by atoms with van der Waals surface area (Å²) >= 11 is 0. The fourth-order valence-corrected chi connectivity index (χ4v) is 0.665. The minimum absolute atomic E-state index is 0.593. The molecular weight excluding hydrogens is 122 g/mol. The van der Waals surface area contributed by atoms with Gasteiger partial charge in [0.25, 0.3) is 0 Å². The molecule has 0 bridgehead atoms. The van der Waals surface area contributed by atoms with Gasteiger partial charge in [0.05, 0.1) is 6.57 Å². The Labute approximate surface area is 60.1 Å². The lowest BCUT2D eigenvalue weighted by Gasteiger charge is -1.88. The molecule has 46 valence electrons. The van der Waals surface area contributed by atoms with E-state index in [1.165, 1.54) is 0 Å². The summed E-state index contributed by atoms with van der Waals surface area (Å²) in [5, 5.41) is 0.